The first-order valence-corrected chi connectivity index (χ1v) is 6.76. The van der Waals surface area contributed by atoms with Crippen LogP contribution in [0.1, 0.15) is 10.5 Å². The second-order valence-electron chi connectivity index (χ2n) is 4.12. The van der Waals surface area contributed by atoms with Crippen molar-refractivity contribution in [3.05, 3.63) is 11.1 Å². The van der Waals surface area contributed by atoms with E-state index in [-0.39, 0.29) is 11.9 Å². The zero-order valence-electron chi connectivity index (χ0n) is 10.9. The van der Waals surface area contributed by atoms with Gasteiger partial charge in [-0.15, -0.1) is 11.3 Å². The van der Waals surface area contributed by atoms with Gasteiger partial charge >= 0.3 is 6.03 Å². The molecule has 19 heavy (non-hydrogen) atoms. The number of carbonyl (C=O) groups is 2. The molecule has 0 bridgehead atoms. The Balaban J connectivity index is 1.99. The van der Waals surface area contributed by atoms with Crippen molar-refractivity contribution < 1.29 is 14.3 Å². The quantitative estimate of drug-likeness (QED) is 0.794. The maximum atomic E-state index is 11.8. The zero-order chi connectivity index (χ0) is 13.8. The molecule has 0 atom stereocenters. The van der Waals surface area contributed by atoms with Crippen molar-refractivity contribution in [1.82, 2.24) is 15.2 Å². The Morgan fingerprint density at radius 3 is 3.00 bits per heavy atom. The van der Waals surface area contributed by atoms with E-state index in [1.54, 1.807) is 29.3 Å². The Labute approximate surface area is 115 Å². The van der Waals surface area contributed by atoms with Crippen LogP contribution in [0.5, 0.6) is 0 Å². The maximum Gasteiger partial charge on any atom is 0.326 e. The van der Waals surface area contributed by atoms with E-state index in [0.717, 1.165) is 0 Å². The van der Waals surface area contributed by atoms with E-state index >= 15 is 0 Å². The summed E-state index contributed by atoms with van der Waals surface area (Å²) in [5, 5.41) is 4.91. The second-order valence-corrected chi connectivity index (χ2v) is 4.96. The summed E-state index contributed by atoms with van der Waals surface area (Å²) >= 11 is 1.30. The number of carbonyl (C=O) groups excluding carboxylic acids is 2. The Bertz CT molecular complexity index is 476. The van der Waals surface area contributed by atoms with Crippen LogP contribution in [0.2, 0.25) is 0 Å². The molecule has 0 saturated carbocycles. The third-order valence-electron chi connectivity index (χ3n) is 2.76. The number of methoxy groups -OCH3 is 1. The molecule has 7 nitrogen and oxygen atoms in total. The number of urea groups is 1. The summed E-state index contributed by atoms with van der Waals surface area (Å²) in [6, 6.07) is -0.0827. The smallest absolute Gasteiger partial charge is 0.326 e. The lowest BCUT2D eigenvalue weighted by Gasteiger charge is -2.11. The molecule has 3 amide bonds. The summed E-state index contributed by atoms with van der Waals surface area (Å²) in [6.45, 7) is 2.17. The highest BCUT2D eigenvalue weighted by molar-refractivity contribution is 7.14. The predicted molar refractivity (Wildman–Crippen MR) is 71.7 cm³/mol. The summed E-state index contributed by atoms with van der Waals surface area (Å²) in [4.78, 5) is 31.0. The van der Waals surface area contributed by atoms with Gasteiger partial charge in [-0.05, 0) is 0 Å². The number of nitrogens with one attached hydrogen (secondary N) is 1. The number of hydrogen-bond acceptors (Lipinski definition) is 5. The average Bonchev–Trinajstić information content (AvgIpc) is 2.99. The lowest BCUT2D eigenvalue weighted by atomic mass is 10.4. The molecule has 1 saturated heterocycles. The zero-order valence-corrected chi connectivity index (χ0v) is 11.7. The monoisotopic (exact) mass is 284 g/mol. The van der Waals surface area contributed by atoms with Crippen LogP contribution in [0.25, 0.3) is 0 Å². The van der Waals surface area contributed by atoms with Crippen LogP contribution in [0, 0.1) is 0 Å². The van der Waals surface area contributed by atoms with E-state index in [4.69, 9.17) is 4.74 Å². The third kappa shape index (κ3) is 3.02. The molecule has 1 fully saturated rings. The molecule has 1 aliphatic rings. The van der Waals surface area contributed by atoms with Crippen LogP contribution in [0.3, 0.4) is 0 Å². The molecule has 0 radical (unpaired) electrons. The van der Waals surface area contributed by atoms with Crippen molar-refractivity contribution in [2.75, 3.05) is 45.3 Å². The van der Waals surface area contributed by atoms with Crippen LogP contribution in [-0.2, 0) is 4.74 Å². The Morgan fingerprint density at radius 1 is 1.58 bits per heavy atom. The maximum absolute atomic E-state index is 11.8. The van der Waals surface area contributed by atoms with E-state index in [1.165, 1.54) is 11.3 Å². The van der Waals surface area contributed by atoms with Gasteiger partial charge in [-0.1, -0.05) is 0 Å². The van der Waals surface area contributed by atoms with Crippen LogP contribution < -0.4 is 10.2 Å². The van der Waals surface area contributed by atoms with Crippen molar-refractivity contribution >= 4 is 28.4 Å². The van der Waals surface area contributed by atoms with Crippen molar-refractivity contribution in [1.29, 1.82) is 0 Å². The van der Waals surface area contributed by atoms with E-state index in [1.807, 2.05) is 0 Å². The minimum absolute atomic E-state index is 0.0827. The molecule has 0 spiro atoms. The highest BCUT2D eigenvalue weighted by atomic mass is 32.1. The Hall–Kier alpha value is -1.67. The lowest BCUT2D eigenvalue weighted by Crippen LogP contribution is -2.30. The van der Waals surface area contributed by atoms with Crippen LogP contribution in [0.15, 0.2) is 5.38 Å². The highest BCUT2D eigenvalue weighted by Gasteiger charge is 2.29. The molecule has 8 heteroatoms. The number of rotatable bonds is 5. The van der Waals surface area contributed by atoms with Crippen LogP contribution >= 0.6 is 11.3 Å². The largest absolute Gasteiger partial charge is 0.383 e. The molecular formula is C11H16N4O3S. The number of thiazole rings is 1. The molecule has 2 rings (SSSR count). The first-order valence-electron chi connectivity index (χ1n) is 5.88. The number of amides is 3. The van der Waals surface area contributed by atoms with Gasteiger partial charge < -0.3 is 15.0 Å². The average molecular weight is 284 g/mol. The standard InChI is InChI=1S/C11H16N4O3S/c1-14-4-5-15(11(14)17)10-13-8(7-19-10)9(16)12-3-6-18-2/h7H,3-6H2,1-2H3,(H,12,16). The number of nitrogens with zero attached hydrogens (tertiary/aromatic N) is 3. The predicted octanol–water partition coefficient (Wildman–Crippen LogP) is 0.391. The molecule has 0 unspecified atom stereocenters. The Kier molecular flexibility index (Phi) is 4.33. The van der Waals surface area contributed by atoms with E-state index in [2.05, 4.69) is 10.3 Å². The van der Waals surface area contributed by atoms with Gasteiger partial charge in [-0.2, -0.15) is 0 Å². The summed E-state index contributed by atoms with van der Waals surface area (Å²) in [5.41, 5.74) is 0.332. The van der Waals surface area contributed by atoms with Gasteiger partial charge in [-0.25, -0.2) is 9.78 Å². The van der Waals surface area contributed by atoms with E-state index in [9.17, 15) is 9.59 Å². The molecule has 1 aromatic rings. The first kappa shape index (κ1) is 13.8. The SMILES string of the molecule is COCCNC(=O)c1csc(N2CCN(C)C2=O)n1. The second kappa shape index (κ2) is 5.98. The molecule has 1 aromatic heterocycles. The minimum atomic E-state index is -0.250. The van der Waals surface area contributed by atoms with E-state index in [0.29, 0.717) is 37.1 Å². The van der Waals surface area contributed by atoms with Crippen molar-refractivity contribution in [3.63, 3.8) is 0 Å². The van der Waals surface area contributed by atoms with Crippen molar-refractivity contribution in [2.24, 2.45) is 0 Å². The number of anilines is 1. The van der Waals surface area contributed by atoms with Gasteiger partial charge in [0.2, 0.25) is 0 Å². The molecule has 2 heterocycles. The fraction of sp³-hybridized carbons (Fsp3) is 0.545. The Morgan fingerprint density at radius 2 is 2.37 bits per heavy atom. The van der Waals surface area contributed by atoms with Gasteiger partial charge in [0, 0.05) is 39.2 Å². The lowest BCUT2D eigenvalue weighted by molar-refractivity contribution is 0.0933. The van der Waals surface area contributed by atoms with Gasteiger partial charge in [-0.3, -0.25) is 9.69 Å². The molecule has 1 N–H and O–H groups in total. The van der Waals surface area contributed by atoms with Crippen LogP contribution in [-0.4, -0.2) is 62.2 Å². The number of ether oxygens (including phenoxy) is 1. The summed E-state index contributed by atoms with van der Waals surface area (Å²) in [5.74, 6) is -0.250. The topological polar surface area (TPSA) is 74.8 Å². The fourth-order valence-electron chi connectivity index (χ4n) is 1.67. The molecular weight excluding hydrogens is 268 g/mol. The summed E-state index contributed by atoms with van der Waals surface area (Å²) < 4.78 is 4.85. The number of hydrogen-bond donors (Lipinski definition) is 1. The van der Waals surface area contributed by atoms with E-state index < -0.39 is 0 Å². The fourth-order valence-corrected chi connectivity index (χ4v) is 2.50. The molecule has 0 aromatic carbocycles. The number of likely N-dealkylation sites (N-methyl/N-ethyl adjacent to an activating group) is 1. The van der Waals surface area contributed by atoms with Gasteiger partial charge in [0.15, 0.2) is 5.13 Å². The van der Waals surface area contributed by atoms with Gasteiger partial charge in [0.25, 0.3) is 5.91 Å². The van der Waals surface area contributed by atoms with Crippen molar-refractivity contribution in [2.45, 2.75) is 0 Å². The molecule has 1 aliphatic heterocycles. The first-order chi connectivity index (χ1) is 9.13. The summed E-state index contributed by atoms with van der Waals surface area (Å²) in [6.07, 6.45) is 0. The van der Waals surface area contributed by atoms with Crippen LogP contribution in [0.4, 0.5) is 9.93 Å². The highest BCUT2D eigenvalue weighted by Crippen LogP contribution is 2.23. The number of aromatic nitrogens is 1. The van der Waals surface area contributed by atoms with Crippen molar-refractivity contribution in [3.8, 4) is 0 Å². The minimum Gasteiger partial charge on any atom is -0.383 e. The summed E-state index contributed by atoms with van der Waals surface area (Å²) in [7, 11) is 3.32. The molecule has 104 valence electrons. The van der Waals surface area contributed by atoms with Gasteiger partial charge in [0.1, 0.15) is 5.69 Å². The molecule has 0 aliphatic carbocycles. The normalized spacial score (nSPS) is 15.2. The van der Waals surface area contributed by atoms with Gasteiger partial charge in [0.05, 0.1) is 6.61 Å². The third-order valence-corrected chi connectivity index (χ3v) is 3.63.